The van der Waals surface area contributed by atoms with Crippen LogP contribution < -0.4 is 5.32 Å². The molecular formula is C21H28N4O. The second-order valence-electron chi connectivity index (χ2n) is 7.71. The Morgan fingerprint density at radius 1 is 1.15 bits per heavy atom. The lowest BCUT2D eigenvalue weighted by molar-refractivity contribution is 0.0704. The number of piperidine rings is 1. The van der Waals surface area contributed by atoms with Gasteiger partial charge in [0.1, 0.15) is 0 Å². The first-order valence-corrected chi connectivity index (χ1v) is 9.79. The number of carbonyl (C=O) groups excluding carboxylic acids is 1. The van der Waals surface area contributed by atoms with Crippen LogP contribution in [-0.2, 0) is 6.54 Å². The van der Waals surface area contributed by atoms with E-state index < -0.39 is 0 Å². The zero-order valence-corrected chi connectivity index (χ0v) is 15.5. The van der Waals surface area contributed by atoms with Crippen LogP contribution in [0.3, 0.4) is 0 Å². The van der Waals surface area contributed by atoms with Crippen LogP contribution >= 0.6 is 0 Å². The molecule has 1 saturated heterocycles. The molecule has 0 bridgehead atoms. The van der Waals surface area contributed by atoms with Crippen LogP contribution in [0.25, 0.3) is 0 Å². The van der Waals surface area contributed by atoms with E-state index in [0.717, 1.165) is 49.7 Å². The second kappa shape index (κ2) is 7.62. The monoisotopic (exact) mass is 352 g/mol. The van der Waals surface area contributed by atoms with E-state index in [0.29, 0.717) is 12.6 Å². The molecule has 0 unspecified atom stereocenters. The Morgan fingerprint density at radius 3 is 2.58 bits per heavy atom. The van der Waals surface area contributed by atoms with Crippen molar-refractivity contribution in [3.63, 3.8) is 0 Å². The quantitative estimate of drug-likeness (QED) is 0.870. The zero-order chi connectivity index (χ0) is 17.9. The van der Waals surface area contributed by atoms with Gasteiger partial charge in [-0.25, -0.2) is 0 Å². The Bertz CT molecular complexity index is 743. The molecule has 2 aliphatic rings. The van der Waals surface area contributed by atoms with Gasteiger partial charge in [0.25, 0.3) is 5.91 Å². The Morgan fingerprint density at radius 2 is 1.88 bits per heavy atom. The summed E-state index contributed by atoms with van der Waals surface area (Å²) in [5.41, 5.74) is 2.89. The summed E-state index contributed by atoms with van der Waals surface area (Å²) in [4.78, 5) is 14.9. The van der Waals surface area contributed by atoms with Gasteiger partial charge in [-0.05, 0) is 50.6 Å². The Labute approximate surface area is 155 Å². The van der Waals surface area contributed by atoms with E-state index in [4.69, 9.17) is 0 Å². The van der Waals surface area contributed by atoms with Gasteiger partial charge in [0, 0.05) is 24.8 Å². The molecule has 2 aromatic rings. The highest BCUT2D eigenvalue weighted by atomic mass is 16.2. The number of hydrogen-bond donors (Lipinski definition) is 1. The molecule has 2 heterocycles. The van der Waals surface area contributed by atoms with E-state index >= 15 is 0 Å². The predicted molar refractivity (Wildman–Crippen MR) is 102 cm³/mol. The summed E-state index contributed by atoms with van der Waals surface area (Å²) in [6, 6.07) is 10.8. The van der Waals surface area contributed by atoms with Crippen LogP contribution in [-0.4, -0.2) is 46.3 Å². The molecule has 138 valence electrons. The molecule has 1 aliphatic heterocycles. The van der Waals surface area contributed by atoms with Crippen LogP contribution in [0.5, 0.6) is 0 Å². The van der Waals surface area contributed by atoms with E-state index in [1.54, 1.807) is 6.20 Å². The van der Waals surface area contributed by atoms with Crippen molar-refractivity contribution in [2.45, 2.75) is 45.2 Å². The number of nitrogens with one attached hydrogen (secondary N) is 1. The van der Waals surface area contributed by atoms with Crippen molar-refractivity contribution in [3.8, 4) is 0 Å². The number of carbonyl (C=O) groups is 1. The van der Waals surface area contributed by atoms with Crippen LogP contribution in [0.15, 0.2) is 36.5 Å². The van der Waals surface area contributed by atoms with Gasteiger partial charge in [0.2, 0.25) is 0 Å². The lowest BCUT2D eigenvalue weighted by Gasteiger charge is -2.32. The molecule has 5 nitrogen and oxygen atoms in total. The molecule has 2 fully saturated rings. The van der Waals surface area contributed by atoms with Crippen molar-refractivity contribution in [2.24, 2.45) is 5.92 Å². The zero-order valence-electron chi connectivity index (χ0n) is 15.5. The van der Waals surface area contributed by atoms with Crippen LogP contribution in [0, 0.1) is 12.8 Å². The summed E-state index contributed by atoms with van der Waals surface area (Å²) in [7, 11) is 0. The van der Waals surface area contributed by atoms with Gasteiger partial charge >= 0.3 is 0 Å². The van der Waals surface area contributed by atoms with Gasteiger partial charge < -0.3 is 10.2 Å². The van der Waals surface area contributed by atoms with Crippen molar-refractivity contribution >= 4 is 5.91 Å². The van der Waals surface area contributed by atoms with E-state index in [1.807, 2.05) is 34.7 Å². The highest BCUT2D eigenvalue weighted by molar-refractivity contribution is 5.95. The number of aromatic nitrogens is 2. The molecule has 4 rings (SSSR count). The summed E-state index contributed by atoms with van der Waals surface area (Å²) >= 11 is 0. The maximum atomic E-state index is 12.9. The average molecular weight is 352 g/mol. The number of benzene rings is 1. The predicted octanol–water partition coefficient (Wildman–Crippen LogP) is 2.84. The van der Waals surface area contributed by atoms with Crippen molar-refractivity contribution in [2.75, 3.05) is 19.6 Å². The first kappa shape index (κ1) is 17.3. The fourth-order valence-corrected chi connectivity index (χ4v) is 3.68. The molecule has 1 N–H and O–H groups in total. The summed E-state index contributed by atoms with van der Waals surface area (Å²) in [6.45, 7) is 5.53. The molecule has 1 aliphatic carbocycles. The third-order valence-electron chi connectivity index (χ3n) is 5.68. The Kier molecular flexibility index (Phi) is 5.07. The van der Waals surface area contributed by atoms with Gasteiger partial charge in [0.05, 0.1) is 18.3 Å². The van der Waals surface area contributed by atoms with E-state index in [1.165, 1.54) is 18.4 Å². The molecule has 1 saturated carbocycles. The number of hydrogen-bond acceptors (Lipinski definition) is 3. The van der Waals surface area contributed by atoms with Crippen LogP contribution in [0.1, 0.15) is 47.3 Å². The molecule has 0 atom stereocenters. The number of likely N-dealkylation sites (tertiary alicyclic amines) is 1. The molecule has 0 radical (unpaired) electrons. The maximum absolute atomic E-state index is 12.9. The van der Waals surface area contributed by atoms with Gasteiger partial charge in [0.15, 0.2) is 0 Å². The lowest BCUT2D eigenvalue weighted by atomic mass is 10.0. The SMILES string of the molecule is Cc1c(C(=O)N2CCC(NCC3CC3)CC2)cnn1Cc1ccccc1. The molecule has 5 heteroatoms. The van der Waals surface area contributed by atoms with Crippen molar-refractivity contribution in [1.82, 2.24) is 20.0 Å². The molecule has 1 aromatic heterocycles. The Hall–Kier alpha value is -2.14. The minimum absolute atomic E-state index is 0.127. The normalized spacial score (nSPS) is 18.3. The van der Waals surface area contributed by atoms with E-state index in [2.05, 4.69) is 22.5 Å². The third-order valence-corrected chi connectivity index (χ3v) is 5.68. The lowest BCUT2D eigenvalue weighted by Crippen LogP contribution is -2.45. The summed E-state index contributed by atoms with van der Waals surface area (Å²) < 4.78 is 1.92. The highest BCUT2D eigenvalue weighted by Crippen LogP contribution is 2.28. The Balaban J connectivity index is 1.34. The largest absolute Gasteiger partial charge is 0.338 e. The van der Waals surface area contributed by atoms with Crippen LogP contribution in [0.4, 0.5) is 0 Å². The minimum atomic E-state index is 0.127. The average Bonchev–Trinajstić information content (AvgIpc) is 3.44. The number of amides is 1. The maximum Gasteiger partial charge on any atom is 0.257 e. The van der Waals surface area contributed by atoms with Gasteiger partial charge in [-0.15, -0.1) is 0 Å². The summed E-state index contributed by atoms with van der Waals surface area (Å²) in [5.74, 6) is 1.04. The molecule has 1 aromatic carbocycles. The first-order valence-electron chi connectivity index (χ1n) is 9.79. The fourth-order valence-electron chi connectivity index (χ4n) is 3.68. The number of rotatable bonds is 6. The molecule has 1 amide bonds. The second-order valence-corrected chi connectivity index (χ2v) is 7.71. The topological polar surface area (TPSA) is 50.2 Å². The fraction of sp³-hybridized carbons (Fsp3) is 0.524. The van der Waals surface area contributed by atoms with E-state index in [-0.39, 0.29) is 5.91 Å². The van der Waals surface area contributed by atoms with Crippen molar-refractivity contribution < 1.29 is 4.79 Å². The summed E-state index contributed by atoms with van der Waals surface area (Å²) in [6.07, 6.45) is 6.61. The van der Waals surface area contributed by atoms with Crippen LogP contribution in [0.2, 0.25) is 0 Å². The highest BCUT2D eigenvalue weighted by Gasteiger charge is 2.27. The van der Waals surface area contributed by atoms with E-state index in [9.17, 15) is 4.79 Å². The summed E-state index contributed by atoms with van der Waals surface area (Å²) in [5, 5.41) is 8.13. The molecular weight excluding hydrogens is 324 g/mol. The van der Waals surface area contributed by atoms with Crippen molar-refractivity contribution in [1.29, 1.82) is 0 Å². The van der Waals surface area contributed by atoms with Gasteiger partial charge in [-0.2, -0.15) is 5.10 Å². The smallest absolute Gasteiger partial charge is 0.257 e. The third kappa shape index (κ3) is 3.98. The van der Waals surface area contributed by atoms with Crippen molar-refractivity contribution in [3.05, 3.63) is 53.3 Å². The van der Waals surface area contributed by atoms with Gasteiger partial charge in [-0.1, -0.05) is 30.3 Å². The molecule has 26 heavy (non-hydrogen) atoms. The minimum Gasteiger partial charge on any atom is -0.338 e. The van der Waals surface area contributed by atoms with Gasteiger partial charge in [-0.3, -0.25) is 9.48 Å². The standard InChI is InChI=1S/C21H28N4O/c1-16-20(14-23-25(16)15-18-5-3-2-4-6-18)21(26)24-11-9-19(10-12-24)22-13-17-7-8-17/h2-6,14,17,19,22H,7-13,15H2,1H3. The first-order chi connectivity index (χ1) is 12.7. The molecule has 0 spiro atoms. The number of nitrogens with zero attached hydrogens (tertiary/aromatic N) is 3.